The van der Waals surface area contributed by atoms with Crippen molar-refractivity contribution in [2.45, 2.75) is 25.7 Å². The molecule has 0 aliphatic rings. The molecule has 0 bridgehead atoms. The number of hydrogen-bond acceptors (Lipinski definition) is 11. The Balaban J connectivity index is 1.36. The molecule has 6 N–H and O–H groups in total. The van der Waals surface area contributed by atoms with Crippen LogP contribution in [-0.4, -0.2) is 62.8 Å². The van der Waals surface area contributed by atoms with Crippen molar-refractivity contribution in [3.63, 3.8) is 0 Å². The van der Waals surface area contributed by atoms with Crippen LogP contribution in [0.25, 0.3) is 11.2 Å². The van der Waals surface area contributed by atoms with Gasteiger partial charge in [-0.15, -0.1) is 0 Å². The molecular formula is C27H31N8O5P. The summed E-state index contributed by atoms with van der Waals surface area (Å²) in [4.78, 5) is 42.7. The summed E-state index contributed by atoms with van der Waals surface area (Å²) in [5, 5.41) is 12.0. The summed E-state index contributed by atoms with van der Waals surface area (Å²) >= 11 is 0. The van der Waals surface area contributed by atoms with E-state index in [4.69, 9.17) is 16.0 Å². The van der Waals surface area contributed by atoms with Gasteiger partial charge in [0.25, 0.3) is 5.91 Å². The van der Waals surface area contributed by atoms with Crippen molar-refractivity contribution in [3.8, 4) is 0 Å². The van der Waals surface area contributed by atoms with E-state index in [1.54, 1.807) is 54.7 Å². The highest BCUT2D eigenvalue weighted by molar-refractivity contribution is 7.58. The van der Waals surface area contributed by atoms with Crippen LogP contribution in [0.3, 0.4) is 0 Å². The Labute approximate surface area is 236 Å². The third-order valence-corrected chi connectivity index (χ3v) is 8.63. The van der Waals surface area contributed by atoms with Gasteiger partial charge in [0.2, 0.25) is 13.3 Å². The first kappa shape index (κ1) is 29.4. The maximum Gasteiger partial charge on any atom is 0.333 e. The van der Waals surface area contributed by atoms with Crippen LogP contribution in [-0.2, 0) is 26.6 Å². The van der Waals surface area contributed by atoms with Crippen molar-refractivity contribution in [2.75, 3.05) is 36.1 Å². The SMILES string of the molecule is C[C@H](OP(=O)(CCNC(=O)c1ccc(N(C)Cc2cnc3nc(N)nc(N)c3n2)cc1)Cc1ccccc1)C(=O)O. The fourth-order valence-corrected chi connectivity index (χ4v) is 6.29. The molecule has 0 fully saturated rings. The number of nitrogens with zero attached hydrogens (tertiary/aromatic N) is 5. The number of aromatic nitrogens is 4. The lowest BCUT2D eigenvalue weighted by atomic mass is 10.2. The van der Waals surface area contributed by atoms with E-state index in [0.29, 0.717) is 29.0 Å². The van der Waals surface area contributed by atoms with E-state index in [0.717, 1.165) is 11.3 Å². The van der Waals surface area contributed by atoms with Crippen molar-refractivity contribution in [2.24, 2.45) is 0 Å². The van der Waals surface area contributed by atoms with E-state index in [1.807, 2.05) is 18.0 Å². The van der Waals surface area contributed by atoms with Gasteiger partial charge in [-0.05, 0) is 36.8 Å². The second-order valence-corrected chi connectivity index (χ2v) is 12.0. The van der Waals surface area contributed by atoms with E-state index >= 15 is 0 Å². The monoisotopic (exact) mass is 578 g/mol. The summed E-state index contributed by atoms with van der Waals surface area (Å²) in [6.07, 6.45) is 0.401. The van der Waals surface area contributed by atoms with Gasteiger partial charge in [0, 0.05) is 37.2 Å². The highest BCUT2D eigenvalue weighted by atomic mass is 31.2. The van der Waals surface area contributed by atoms with Crippen LogP contribution in [0.2, 0.25) is 0 Å². The molecule has 0 aliphatic heterocycles. The molecule has 13 nitrogen and oxygen atoms in total. The quantitative estimate of drug-likeness (QED) is 0.179. The van der Waals surface area contributed by atoms with Crippen LogP contribution in [0.15, 0.2) is 60.8 Å². The number of anilines is 3. The van der Waals surface area contributed by atoms with Crippen molar-refractivity contribution in [1.29, 1.82) is 0 Å². The molecule has 2 aromatic heterocycles. The van der Waals surface area contributed by atoms with Gasteiger partial charge in [-0.3, -0.25) is 9.36 Å². The van der Waals surface area contributed by atoms with Gasteiger partial charge in [-0.25, -0.2) is 14.8 Å². The molecule has 2 heterocycles. The Morgan fingerprint density at radius 3 is 2.46 bits per heavy atom. The summed E-state index contributed by atoms with van der Waals surface area (Å²) in [5.74, 6) is -1.38. The summed E-state index contributed by atoms with van der Waals surface area (Å²) in [6, 6.07) is 16.0. The van der Waals surface area contributed by atoms with Gasteiger partial charge in [0.05, 0.1) is 18.4 Å². The van der Waals surface area contributed by atoms with Gasteiger partial charge < -0.3 is 31.3 Å². The number of nitrogen functional groups attached to an aromatic ring is 2. The molecule has 2 atom stereocenters. The molecule has 41 heavy (non-hydrogen) atoms. The van der Waals surface area contributed by atoms with Crippen LogP contribution in [0.1, 0.15) is 28.5 Å². The van der Waals surface area contributed by atoms with Crippen LogP contribution < -0.4 is 21.7 Å². The van der Waals surface area contributed by atoms with E-state index in [2.05, 4.69) is 25.3 Å². The zero-order chi connectivity index (χ0) is 29.6. The standard InChI is InChI=1S/C27H31N8O5P/c1-17(26(37)38)40-41(39,16-18-6-4-3-5-7-18)13-12-30-25(36)19-8-10-21(11-9-19)35(2)15-20-14-31-24-22(32-20)23(28)33-27(29)34-24/h3-11,14,17H,12-13,15-16H2,1-2H3,(H,30,36)(H,37,38)(H4,28,29,31,33,34)/t17-,41?/m0/s1. The number of nitrogens with two attached hydrogens (primary N) is 2. The average molecular weight is 579 g/mol. The highest BCUT2D eigenvalue weighted by Gasteiger charge is 2.29. The molecule has 0 radical (unpaired) electrons. The molecule has 0 aliphatic carbocycles. The fourth-order valence-electron chi connectivity index (χ4n) is 4.07. The van der Waals surface area contributed by atoms with Crippen molar-refractivity contribution in [3.05, 3.63) is 77.6 Å². The topological polar surface area (TPSA) is 200 Å². The lowest BCUT2D eigenvalue weighted by molar-refractivity contribution is -0.144. The van der Waals surface area contributed by atoms with Crippen LogP contribution in [0, 0.1) is 0 Å². The van der Waals surface area contributed by atoms with Crippen LogP contribution in [0.4, 0.5) is 17.5 Å². The minimum Gasteiger partial charge on any atom is -0.479 e. The van der Waals surface area contributed by atoms with Crippen LogP contribution >= 0.6 is 7.37 Å². The lowest BCUT2D eigenvalue weighted by Gasteiger charge is -2.21. The van der Waals surface area contributed by atoms with Gasteiger partial charge in [0.1, 0.15) is 0 Å². The predicted molar refractivity (Wildman–Crippen MR) is 156 cm³/mol. The maximum absolute atomic E-state index is 13.5. The summed E-state index contributed by atoms with van der Waals surface area (Å²) in [5.41, 5.74) is 14.8. The number of hydrogen-bond donors (Lipinski definition) is 4. The van der Waals surface area contributed by atoms with Gasteiger partial charge in [-0.2, -0.15) is 9.97 Å². The number of amides is 1. The van der Waals surface area contributed by atoms with E-state index in [9.17, 15) is 19.3 Å². The number of nitrogens with one attached hydrogen (secondary N) is 1. The number of carbonyl (C=O) groups is 2. The summed E-state index contributed by atoms with van der Waals surface area (Å²) in [6.45, 7) is 1.80. The Morgan fingerprint density at radius 1 is 1.07 bits per heavy atom. The van der Waals surface area contributed by atoms with Crippen molar-refractivity contribution < 1.29 is 23.8 Å². The first-order chi connectivity index (χ1) is 19.5. The first-order valence-corrected chi connectivity index (χ1v) is 14.7. The number of rotatable bonds is 12. The smallest absolute Gasteiger partial charge is 0.333 e. The Kier molecular flexibility index (Phi) is 9.10. The number of benzene rings is 2. The molecule has 1 amide bonds. The predicted octanol–water partition coefficient (Wildman–Crippen LogP) is 2.92. The third kappa shape index (κ3) is 7.74. The molecule has 0 saturated heterocycles. The van der Waals surface area contributed by atoms with Gasteiger partial charge in [0.15, 0.2) is 23.1 Å². The maximum atomic E-state index is 13.5. The number of carboxylic acids is 1. The largest absolute Gasteiger partial charge is 0.479 e. The number of aliphatic carboxylic acids is 1. The Bertz CT molecular complexity index is 1590. The zero-order valence-corrected chi connectivity index (χ0v) is 23.5. The average Bonchev–Trinajstić information content (AvgIpc) is 2.93. The molecule has 4 aromatic rings. The minimum atomic E-state index is -3.41. The fraction of sp³-hybridized carbons (Fsp3) is 0.259. The molecule has 1 unspecified atom stereocenters. The van der Waals surface area contributed by atoms with Gasteiger partial charge in [-0.1, -0.05) is 30.3 Å². The van der Waals surface area contributed by atoms with E-state index in [-0.39, 0.29) is 36.5 Å². The second kappa shape index (κ2) is 12.7. The molecule has 4 rings (SSSR count). The minimum absolute atomic E-state index is 0.0129. The molecule has 0 saturated carbocycles. The summed E-state index contributed by atoms with van der Waals surface area (Å²) in [7, 11) is -1.54. The molecule has 0 spiro atoms. The zero-order valence-electron chi connectivity index (χ0n) is 22.6. The van der Waals surface area contributed by atoms with Gasteiger partial charge >= 0.3 is 5.97 Å². The Morgan fingerprint density at radius 2 is 1.78 bits per heavy atom. The molecular weight excluding hydrogens is 547 g/mol. The van der Waals surface area contributed by atoms with E-state index in [1.165, 1.54) is 6.92 Å². The third-order valence-electron chi connectivity index (χ3n) is 6.17. The normalized spacial score (nSPS) is 13.3. The lowest BCUT2D eigenvalue weighted by Crippen LogP contribution is -2.28. The number of fused-ring (bicyclic) bond motifs is 1. The second-order valence-electron chi connectivity index (χ2n) is 9.43. The Hall–Kier alpha value is -4.61. The van der Waals surface area contributed by atoms with Crippen molar-refractivity contribution >= 4 is 47.9 Å². The summed E-state index contributed by atoms with van der Waals surface area (Å²) < 4.78 is 19.0. The van der Waals surface area contributed by atoms with Crippen molar-refractivity contribution in [1.82, 2.24) is 25.3 Å². The molecule has 14 heteroatoms. The number of carboxylic acid groups (broad SMARTS) is 1. The van der Waals surface area contributed by atoms with Crippen LogP contribution in [0.5, 0.6) is 0 Å². The molecule has 2 aromatic carbocycles. The van der Waals surface area contributed by atoms with E-state index < -0.39 is 19.4 Å². The first-order valence-electron chi connectivity index (χ1n) is 12.7. The molecule has 214 valence electrons. The number of carbonyl (C=O) groups excluding carboxylic acids is 1. The highest BCUT2D eigenvalue weighted by Crippen LogP contribution is 2.51.